The SMILES string of the molecule is CCSCc1ccc(C(=O)N2C[C@H]3CNC[C@H]3C2)cc1.Cl. The Morgan fingerprint density at radius 1 is 1.24 bits per heavy atom. The van der Waals surface area contributed by atoms with Crippen LogP contribution in [0.1, 0.15) is 22.8 Å². The Bertz CT molecular complexity index is 468. The van der Waals surface area contributed by atoms with Gasteiger partial charge in [0, 0.05) is 37.5 Å². The monoisotopic (exact) mass is 326 g/mol. The number of halogens is 1. The highest BCUT2D eigenvalue weighted by atomic mass is 35.5. The van der Waals surface area contributed by atoms with Crippen molar-refractivity contribution in [1.82, 2.24) is 10.2 Å². The zero-order valence-corrected chi connectivity index (χ0v) is 14.0. The average molecular weight is 327 g/mol. The molecule has 2 fully saturated rings. The standard InChI is InChI=1S/C16H22N2OS.ClH/c1-2-20-11-12-3-5-13(6-4-12)16(19)18-9-14-7-17-8-15(14)10-18;/h3-6,14-15,17H,2,7-11H2,1H3;1H/t14-,15+;. The highest BCUT2D eigenvalue weighted by molar-refractivity contribution is 7.98. The summed E-state index contributed by atoms with van der Waals surface area (Å²) < 4.78 is 0. The number of amides is 1. The van der Waals surface area contributed by atoms with Crippen LogP contribution in [0.5, 0.6) is 0 Å². The highest BCUT2D eigenvalue weighted by Crippen LogP contribution is 2.27. The van der Waals surface area contributed by atoms with Gasteiger partial charge >= 0.3 is 0 Å². The average Bonchev–Trinajstić information content (AvgIpc) is 3.06. The quantitative estimate of drug-likeness (QED) is 0.923. The van der Waals surface area contributed by atoms with Gasteiger partial charge in [0.15, 0.2) is 0 Å². The molecule has 21 heavy (non-hydrogen) atoms. The summed E-state index contributed by atoms with van der Waals surface area (Å²) in [5, 5.41) is 3.41. The number of rotatable bonds is 4. The third-order valence-electron chi connectivity index (χ3n) is 4.35. The molecule has 2 heterocycles. The fourth-order valence-corrected chi connectivity index (χ4v) is 3.80. The number of benzene rings is 1. The molecule has 5 heteroatoms. The topological polar surface area (TPSA) is 32.3 Å². The molecule has 2 saturated heterocycles. The van der Waals surface area contributed by atoms with Crippen molar-refractivity contribution < 1.29 is 4.79 Å². The summed E-state index contributed by atoms with van der Waals surface area (Å²) in [4.78, 5) is 14.5. The van der Waals surface area contributed by atoms with E-state index in [1.165, 1.54) is 5.56 Å². The molecule has 2 atom stereocenters. The third-order valence-corrected chi connectivity index (χ3v) is 5.30. The molecule has 0 aliphatic carbocycles. The van der Waals surface area contributed by atoms with Crippen LogP contribution in [-0.4, -0.2) is 42.7 Å². The Morgan fingerprint density at radius 2 is 1.86 bits per heavy atom. The van der Waals surface area contributed by atoms with Crippen molar-refractivity contribution in [2.75, 3.05) is 31.9 Å². The predicted octanol–water partition coefficient (Wildman–Crippen LogP) is 2.65. The van der Waals surface area contributed by atoms with Crippen molar-refractivity contribution in [2.45, 2.75) is 12.7 Å². The summed E-state index contributed by atoms with van der Waals surface area (Å²) >= 11 is 1.91. The largest absolute Gasteiger partial charge is 0.338 e. The van der Waals surface area contributed by atoms with Crippen molar-refractivity contribution in [1.29, 1.82) is 0 Å². The molecule has 0 saturated carbocycles. The molecule has 116 valence electrons. The predicted molar refractivity (Wildman–Crippen MR) is 91.3 cm³/mol. The van der Waals surface area contributed by atoms with Gasteiger partial charge in [-0.1, -0.05) is 19.1 Å². The summed E-state index contributed by atoms with van der Waals surface area (Å²) in [7, 11) is 0. The second-order valence-electron chi connectivity index (χ2n) is 5.72. The maximum Gasteiger partial charge on any atom is 0.253 e. The molecular weight excluding hydrogens is 304 g/mol. The summed E-state index contributed by atoms with van der Waals surface area (Å²) in [6, 6.07) is 8.16. The van der Waals surface area contributed by atoms with Gasteiger partial charge in [-0.2, -0.15) is 11.8 Å². The fourth-order valence-electron chi connectivity index (χ4n) is 3.17. The van der Waals surface area contributed by atoms with E-state index in [1.807, 2.05) is 28.8 Å². The van der Waals surface area contributed by atoms with E-state index in [2.05, 4.69) is 24.4 Å². The van der Waals surface area contributed by atoms with Crippen molar-refractivity contribution in [3.63, 3.8) is 0 Å². The van der Waals surface area contributed by atoms with E-state index in [0.29, 0.717) is 11.8 Å². The summed E-state index contributed by atoms with van der Waals surface area (Å²) in [6.45, 7) is 6.15. The van der Waals surface area contributed by atoms with Gasteiger partial charge < -0.3 is 10.2 Å². The number of thioether (sulfide) groups is 1. The number of hydrogen-bond donors (Lipinski definition) is 1. The van der Waals surface area contributed by atoms with Crippen molar-refractivity contribution in [3.8, 4) is 0 Å². The Morgan fingerprint density at radius 3 is 2.43 bits per heavy atom. The van der Waals surface area contributed by atoms with Crippen LogP contribution >= 0.6 is 24.2 Å². The summed E-state index contributed by atoms with van der Waals surface area (Å²) in [6.07, 6.45) is 0. The van der Waals surface area contributed by atoms with Crippen molar-refractivity contribution in [3.05, 3.63) is 35.4 Å². The van der Waals surface area contributed by atoms with Crippen LogP contribution in [0.3, 0.4) is 0 Å². The van der Waals surface area contributed by atoms with E-state index in [1.54, 1.807) is 0 Å². The number of carbonyl (C=O) groups is 1. The van der Waals surface area contributed by atoms with E-state index in [-0.39, 0.29) is 18.3 Å². The molecule has 3 rings (SSSR count). The molecule has 0 aromatic heterocycles. The van der Waals surface area contributed by atoms with E-state index in [0.717, 1.165) is 43.2 Å². The second kappa shape index (κ2) is 7.52. The molecule has 0 spiro atoms. The van der Waals surface area contributed by atoms with Crippen LogP contribution in [0, 0.1) is 11.8 Å². The molecule has 2 aliphatic rings. The van der Waals surface area contributed by atoms with Gasteiger partial charge in [-0.05, 0) is 35.3 Å². The Balaban J connectivity index is 0.00000161. The van der Waals surface area contributed by atoms with Gasteiger partial charge in [-0.15, -0.1) is 12.4 Å². The smallest absolute Gasteiger partial charge is 0.253 e. The minimum atomic E-state index is 0. The molecule has 3 nitrogen and oxygen atoms in total. The lowest BCUT2D eigenvalue weighted by molar-refractivity contribution is 0.0781. The lowest BCUT2D eigenvalue weighted by Gasteiger charge is -2.17. The molecule has 1 amide bonds. The first-order chi connectivity index (χ1) is 9.78. The third kappa shape index (κ3) is 3.74. The fraction of sp³-hybridized carbons (Fsp3) is 0.562. The van der Waals surface area contributed by atoms with Gasteiger partial charge in [-0.3, -0.25) is 4.79 Å². The highest BCUT2D eigenvalue weighted by Gasteiger charge is 2.38. The molecule has 0 radical (unpaired) electrons. The summed E-state index contributed by atoms with van der Waals surface area (Å²) in [5.74, 6) is 3.70. The Hall–Kier alpha value is -0.710. The minimum absolute atomic E-state index is 0. The number of fused-ring (bicyclic) bond motifs is 1. The molecule has 1 aromatic rings. The molecule has 0 unspecified atom stereocenters. The first-order valence-corrected chi connectivity index (χ1v) is 8.60. The maximum absolute atomic E-state index is 12.5. The van der Waals surface area contributed by atoms with Crippen LogP contribution in [0.15, 0.2) is 24.3 Å². The molecule has 2 aliphatic heterocycles. The van der Waals surface area contributed by atoms with Gasteiger partial charge in [0.2, 0.25) is 0 Å². The maximum atomic E-state index is 12.5. The van der Waals surface area contributed by atoms with Gasteiger partial charge in [0.05, 0.1) is 0 Å². The lowest BCUT2D eigenvalue weighted by atomic mass is 10.0. The summed E-state index contributed by atoms with van der Waals surface area (Å²) in [5.41, 5.74) is 2.14. The van der Waals surface area contributed by atoms with Crippen molar-refractivity contribution in [2.24, 2.45) is 11.8 Å². The van der Waals surface area contributed by atoms with Crippen LogP contribution in [0.25, 0.3) is 0 Å². The van der Waals surface area contributed by atoms with Gasteiger partial charge in [-0.25, -0.2) is 0 Å². The number of nitrogens with one attached hydrogen (secondary N) is 1. The van der Waals surface area contributed by atoms with E-state index in [9.17, 15) is 4.79 Å². The van der Waals surface area contributed by atoms with E-state index >= 15 is 0 Å². The van der Waals surface area contributed by atoms with Crippen LogP contribution in [0.4, 0.5) is 0 Å². The zero-order valence-electron chi connectivity index (χ0n) is 12.4. The zero-order chi connectivity index (χ0) is 13.9. The van der Waals surface area contributed by atoms with Crippen LogP contribution in [0.2, 0.25) is 0 Å². The number of likely N-dealkylation sites (tertiary alicyclic amines) is 1. The first-order valence-electron chi connectivity index (χ1n) is 7.44. The number of carbonyl (C=O) groups excluding carboxylic acids is 1. The second-order valence-corrected chi connectivity index (χ2v) is 7.00. The lowest BCUT2D eigenvalue weighted by Crippen LogP contribution is -2.31. The minimum Gasteiger partial charge on any atom is -0.338 e. The Kier molecular flexibility index (Phi) is 5.97. The first kappa shape index (κ1) is 16.7. The van der Waals surface area contributed by atoms with E-state index in [4.69, 9.17) is 0 Å². The molecular formula is C16H23ClN2OS. The van der Waals surface area contributed by atoms with Crippen molar-refractivity contribution >= 4 is 30.1 Å². The normalized spacial score (nSPS) is 23.8. The number of nitrogens with zero attached hydrogens (tertiary/aromatic N) is 1. The van der Waals surface area contributed by atoms with Crippen LogP contribution in [-0.2, 0) is 5.75 Å². The van der Waals surface area contributed by atoms with Gasteiger partial charge in [0.25, 0.3) is 5.91 Å². The number of hydrogen-bond acceptors (Lipinski definition) is 3. The molecule has 1 N–H and O–H groups in total. The van der Waals surface area contributed by atoms with Gasteiger partial charge in [0.1, 0.15) is 0 Å². The van der Waals surface area contributed by atoms with E-state index < -0.39 is 0 Å². The molecule has 1 aromatic carbocycles. The molecule has 0 bridgehead atoms. The Labute approximate surface area is 137 Å². The van der Waals surface area contributed by atoms with Crippen LogP contribution < -0.4 is 5.32 Å².